The Morgan fingerprint density at radius 2 is 2.12 bits per heavy atom. The molecular weight excluding hydrogens is 378 g/mol. The maximum absolute atomic E-state index is 13.0. The standard InChI is InChI=1S/C20H24BrN3O/c1-4-11-24-19(14-5-7-15(21)8-6-14)17-16(12-13(2)3)22-9-10-23-18(17)20(24)25/h4-8,13,19,22H,1,9-12H2,2-3H3. The molecule has 1 saturated heterocycles. The van der Waals surface area contributed by atoms with Crippen LogP contribution in [0.5, 0.6) is 0 Å². The Labute approximate surface area is 157 Å². The summed E-state index contributed by atoms with van der Waals surface area (Å²) in [6.45, 7) is 10.1. The largest absolute Gasteiger partial charge is 0.386 e. The second kappa shape index (κ2) is 7.56. The summed E-state index contributed by atoms with van der Waals surface area (Å²) in [7, 11) is 0. The molecule has 0 bridgehead atoms. The minimum atomic E-state index is -0.114. The lowest BCUT2D eigenvalue weighted by atomic mass is 9.93. The van der Waals surface area contributed by atoms with Crippen LogP contribution in [0.3, 0.4) is 0 Å². The van der Waals surface area contributed by atoms with E-state index in [1.165, 1.54) is 0 Å². The lowest BCUT2D eigenvalue weighted by Gasteiger charge is -2.26. The summed E-state index contributed by atoms with van der Waals surface area (Å²) < 4.78 is 1.03. The van der Waals surface area contributed by atoms with E-state index < -0.39 is 0 Å². The first kappa shape index (κ1) is 17.9. The van der Waals surface area contributed by atoms with Crippen LogP contribution in [0.15, 0.2) is 57.7 Å². The topological polar surface area (TPSA) is 44.7 Å². The predicted molar refractivity (Wildman–Crippen MR) is 106 cm³/mol. The first-order valence-electron chi connectivity index (χ1n) is 8.72. The number of carbonyl (C=O) groups is 1. The SMILES string of the molecule is C=CCN1C(=O)C2=NCCNC(CC(C)C)=C2C1c1ccc(Br)cc1. The van der Waals surface area contributed by atoms with E-state index in [0.717, 1.165) is 34.3 Å². The average Bonchev–Trinajstić information content (AvgIpc) is 2.71. The van der Waals surface area contributed by atoms with E-state index in [1.807, 2.05) is 17.0 Å². The summed E-state index contributed by atoms with van der Waals surface area (Å²) in [5, 5.41) is 3.53. The van der Waals surface area contributed by atoms with E-state index in [0.29, 0.717) is 24.7 Å². The van der Waals surface area contributed by atoms with E-state index in [2.05, 4.69) is 58.8 Å². The van der Waals surface area contributed by atoms with E-state index in [-0.39, 0.29) is 11.9 Å². The highest BCUT2D eigenvalue weighted by Gasteiger charge is 2.43. The van der Waals surface area contributed by atoms with Gasteiger partial charge in [0.05, 0.1) is 12.6 Å². The molecule has 3 rings (SSSR count). The van der Waals surface area contributed by atoms with Crippen molar-refractivity contribution >= 4 is 27.5 Å². The van der Waals surface area contributed by atoms with Crippen molar-refractivity contribution in [2.75, 3.05) is 19.6 Å². The molecule has 25 heavy (non-hydrogen) atoms. The average molecular weight is 402 g/mol. The lowest BCUT2D eigenvalue weighted by Crippen LogP contribution is -2.30. The van der Waals surface area contributed by atoms with Crippen molar-refractivity contribution in [2.45, 2.75) is 26.3 Å². The van der Waals surface area contributed by atoms with Crippen molar-refractivity contribution in [3.8, 4) is 0 Å². The van der Waals surface area contributed by atoms with E-state index >= 15 is 0 Å². The van der Waals surface area contributed by atoms with Crippen LogP contribution in [0.2, 0.25) is 0 Å². The summed E-state index contributed by atoms with van der Waals surface area (Å²) in [6.07, 6.45) is 2.70. The van der Waals surface area contributed by atoms with Gasteiger partial charge in [0.25, 0.3) is 5.91 Å². The van der Waals surface area contributed by atoms with E-state index in [4.69, 9.17) is 0 Å². The van der Waals surface area contributed by atoms with Gasteiger partial charge in [0, 0.05) is 28.8 Å². The van der Waals surface area contributed by atoms with E-state index in [9.17, 15) is 4.79 Å². The molecule has 0 spiro atoms. The number of fused-ring (bicyclic) bond motifs is 1. The lowest BCUT2D eigenvalue weighted by molar-refractivity contribution is -0.123. The summed E-state index contributed by atoms with van der Waals surface area (Å²) in [4.78, 5) is 19.5. The van der Waals surface area contributed by atoms with Crippen molar-refractivity contribution in [2.24, 2.45) is 10.9 Å². The zero-order valence-electron chi connectivity index (χ0n) is 14.8. The number of halogens is 1. The number of nitrogens with zero attached hydrogens (tertiary/aromatic N) is 2. The van der Waals surface area contributed by atoms with Crippen LogP contribution in [0, 0.1) is 5.92 Å². The zero-order valence-corrected chi connectivity index (χ0v) is 16.3. The molecule has 1 atom stereocenters. The number of benzene rings is 1. The molecule has 5 heteroatoms. The van der Waals surface area contributed by atoms with E-state index in [1.54, 1.807) is 6.08 Å². The molecule has 0 radical (unpaired) electrons. The minimum Gasteiger partial charge on any atom is -0.386 e. The van der Waals surface area contributed by atoms with Gasteiger partial charge in [-0.2, -0.15) is 0 Å². The number of hydrogen-bond donors (Lipinski definition) is 1. The van der Waals surface area contributed by atoms with Gasteiger partial charge in [0.2, 0.25) is 0 Å². The summed E-state index contributed by atoms with van der Waals surface area (Å²) >= 11 is 3.49. The predicted octanol–water partition coefficient (Wildman–Crippen LogP) is 3.86. The van der Waals surface area contributed by atoms with Crippen LogP contribution in [0.1, 0.15) is 31.9 Å². The van der Waals surface area contributed by atoms with Gasteiger partial charge in [-0.25, -0.2) is 0 Å². The minimum absolute atomic E-state index is 0.00720. The number of aliphatic imine (C=N–C) groups is 1. The van der Waals surface area contributed by atoms with Gasteiger partial charge >= 0.3 is 0 Å². The second-order valence-corrected chi connectivity index (χ2v) is 7.76. The number of nitrogens with one attached hydrogen (secondary N) is 1. The highest BCUT2D eigenvalue weighted by Crippen LogP contribution is 2.39. The third kappa shape index (κ3) is 3.56. The number of rotatable bonds is 5. The third-order valence-corrected chi connectivity index (χ3v) is 5.00. The van der Waals surface area contributed by atoms with Gasteiger partial charge in [-0.3, -0.25) is 9.79 Å². The molecule has 1 aromatic rings. The Morgan fingerprint density at radius 3 is 2.76 bits per heavy atom. The highest BCUT2D eigenvalue weighted by atomic mass is 79.9. The Morgan fingerprint density at radius 1 is 1.40 bits per heavy atom. The number of allylic oxidation sites excluding steroid dienone is 1. The maximum Gasteiger partial charge on any atom is 0.273 e. The summed E-state index contributed by atoms with van der Waals surface area (Å²) in [5.41, 5.74) is 3.92. The molecule has 2 aliphatic rings. The summed E-state index contributed by atoms with van der Waals surface area (Å²) in [5.74, 6) is 0.510. The molecule has 0 aliphatic carbocycles. The van der Waals surface area contributed by atoms with Gasteiger partial charge in [0.15, 0.2) is 0 Å². The molecule has 1 N–H and O–H groups in total. The van der Waals surface area contributed by atoms with Crippen molar-refractivity contribution in [1.82, 2.24) is 10.2 Å². The molecule has 1 amide bonds. The summed E-state index contributed by atoms with van der Waals surface area (Å²) in [6, 6.07) is 8.08. The van der Waals surface area contributed by atoms with Gasteiger partial charge in [-0.1, -0.05) is 48.0 Å². The highest BCUT2D eigenvalue weighted by molar-refractivity contribution is 9.10. The molecule has 2 heterocycles. The Bertz CT molecular complexity index is 734. The molecular formula is C20H24BrN3O. The quantitative estimate of drug-likeness (QED) is 0.761. The third-order valence-electron chi connectivity index (χ3n) is 4.47. The van der Waals surface area contributed by atoms with Crippen LogP contribution in [-0.2, 0) is 4.79 Å². The molecule has 0 saturated carbocycles. The van der Waals surface area contributed by atoms with Gasteiger partial charge in [0.1, 0.15) is 5.71 Å². The normalized spacial score (nSPS) is 20.3. The van der Waals surface area contributed by atoms with Crippen LogP contribution in [0.4, 0.5) is 0 Å². The fourth-order valence-corrected chi connectivity index (χ4v) is 3.76. The van der Waals surface area contributed by atoms with Crippen LogP contribution in [-0.4, -0.2) is 36.2 Å². The van der Waals surface area contributed by atoms with Gasteiger partial charge in [-0.05, 0) is 30.0 Å². The van der Waals surface area contributed by atoms with Gasteiger partial charge in [-0.15, -0.1) is 6.58 Å². The Balaban J connectivity index is 2.17. The van der Waals surface area contributed by atoms with Crippen molar-refractivity contribution in [3.63, 3.8) is 0 Å². The van der Waals surface area contributed by atoms with Crippen LogP contribution in [0.25, 0.3) is 0 Å². The van der Waals surface area contributed by atoms with Crippen molar-refractivity contribution in [3.05, 3.63) is 58.2 Å². The molecule has 132 valence electrons. The fraction of sp³-hybridized carbons (Fsp3) is 0.400. The zero-order chi connectivity index (χ0) is 18.0. The first-order valence-corrected chi connectivity index (χ1v) is 9.51. The van der Waals surface area contributed by atoms with Crippen molar-refractivity contribution < 1.29 is 4.79 Å². The molecule has 2 aliphatic heterocycles. The van der Waals surface area contributed by atoms with Crippen LogP contribution < -0.4 is 5.32 Å². The first-order chi connectivity index (χ1) is 12.0. The van der Waals surface area contributed by atoms with Crippen molar-refractivity contribution in [1.29, 1.82) is 0 Å². The molecule has 1 unspecified atom stereocenters. The number of carbonyl (C=O) groups excluding carboxylic acids is 1. The molecule has 0 aromatic heterocycles. The fourth-order valence-electron chi connectivity index (χ4n) is 3.49. The van der Waals surface area contributed by atoms with Crippen LogP contribution >= 0.6 is 15.9 Å². The maximum atomic E-state index is 13.0. The molecule has 1 aromatic carbocycles. The smallest absolute Gasteiger partial charge is 0.273 e. The second-order valence-electron chi connectivity index (χ2n) is 6.85. The number of likely N-dealkylation sites (tertiary alicyclic amines) is 1. The Hall–Kier alpha value is -1.88. The number of hydrogen-bond acceptors (Lipinski definition) is 3. The molecule has 4 nitrogen and oxygen atoms in total. The Kier molecular flexibility index (Phi) is 5.42. The molecule has 1 fully saturated rings. The van der Waals surface area contributed by atoms with Gasteiger partial charge < -0.3 is 10.2 Å². The number of amides is 1. The monoisotopic (exact) mass is 401 g/mol.